The van der Waals surface area contributed by atoms with Crippen molar-refractivity contribution in [2.75, 3.05) is 5.32 Å². The van der Waals surface area contributed by atoms with E-state index in [1.54, 1.807) is 11.3 Å². The SMILES string of the molecule is CCc1nc2nc(CSc3nc4ccc(NC(=O)C(CC)CC)cc4s3)cc(=O)n2[nH]1. The van der Waals surface area contributed by atoms with Gasteiger partial charge in [-0.2, -0.15) is 9.50 Å². The van der Waals surface area contributed by atoms with Gasteiger partial charge in [-0.3, -0.25) is 14.7 Å². The van der Waals surface area contributed by atoms with Gasteiger partial charge in [0.15, 0.2) is 4.34 Å². The first-order valence-electron chi connectivity index (χ1n) is 10.3. The van der Waals surface area contributed by atoms with Gasteiger partial charge in [0.1, 0.15) is 5.82 Å². The summed E-state index contributed by atoms with van der Waals surface area (Å²) in [6, 6.07) is 7.29. The predicted octanol–water partition coefficient (Wildman–Crippen LogP) is 4.26. The van der Waals surface area contributed by atoms with Gasteiger partial charge in [-0.15, -0.1) is 11.3 Å². The number of rotatable bonds is 8. The fraction of sp³-hybridized carbons (Fsp3) is 0.381. The number of aromatic nitrogens is 5. The largest absolute Gasteiger partial charge is 0.326 e. The highest BCUT2D eigenvalue weighted by atomic mass is 32.2. The highest BCUT2D eigenvalue weighted by molar-refractivity contribution is 8.00. The number of nitrogens with one attached hydrogen (secondary N) is 2. The van der Waals surface area contributed by atoms with Gasteiger partial charge in [-0.05, 0) is 31.0 Å². The van der Waals surface area contributed by atoms with E-state index in [1.165, 1.54) is 22.3 Å². The van der Waals surface area contributed by atoms with Gasteiger partial charge in [-0.1, -0.05) is 32.5 Å². The molecule has 8 nitrogen and oxygen atoms in total. The molecule has 0 spiro atoms. The summed E-state index contributed by atoms with van der Waals surface area (Å²) in [7, 11) is 0. The van der Waals surface area contributed by atoms with Crippen LogP contribution >= 0.6 is 23.1 Å². The van der Waals surface area contributed by atoms with Crippen molar-refractivity contribution in [3.05, 3.63) is 46.1 Å². The number of hydrogen-bond acceptors (Lipinski definition) is 7. The van der Waals surface area contributed by atoms with Crippen molar-refractivity contribution in [2.45, 2.75) is 50.1 Å². The van der Waals surface area contributed by atoms with E-state index in [0.717, 1.165) is 38.9 Å². The van der Waals surface area contributed by atoms with E-state index in [0.29, 0.717) is 23.6 Å². The third kappa shape index (κ3) is 4.64. The Morgan fingerprint density at radius 3 is 2.74 bits per heavy atom. The van der Waals surface area contributed by atoms with Crippen molar-refractivity contribution < 1.29 is 4.79 Å². The van der Waals surface area contributed by atoms with Crippen LogP contribution in [-0.2, 0) is 17.0 Å². The van der Waals surface area contributed by atoms with Crippen molar-refractivity contribution in [1.29, 1.82) is 0 Å². The second-order valence-electron chi connectivity index (χ2n) is 7.20. The summed E-state index contributed by atoms with van der Waals surface area (Å²) in [4.78, 5) is 38.1. The minimum absolute atomic E-state index is 0.0279. The molecule has 4 rings (SSSR count). The number of aryl methyl sites for hydroxylation is 1. The molecule has 31 heavy (non-hydrogen) atoms. The molecule has 2 N–H and O–H groups in total. The topological polar surface area (TPSA) is 105 Å². The number of anilines is 1. The Balaban J connectivity index is 1.48. The number of thioether (sulfide) groups is 1. The van der Waals surface area contributed by atoms with E-state index in [2.05, 4.69) is 25.4 Å². The molecule has 0 saturated heterocycles. The molecule has 1 aromatic carbocycles. The molecule has 0 fully saturated rings. The Hall–Kier alpha value is -2.72. The molecule has 0 atom stereocenters. The van der Waals surface area contributed by atoms with Crippen LogP contribution in [0.25, 0.3) is 16.0 Å². The monoisotopic (exact) mass is 456 g/mol. The van der Waals surface area contributed by atoms with Crippen LogP contribution < -0.4 is 10.9 Å². The number of fused-ring (bicyclic) bond motifs is 2. The number of carbonyl (C=O) groups is 1. The van der Waals surface area contributed by atoms with Crippen molar-refractivity contribution >= 4 is 50.7 Å². The first-order valence-corrected chi connectivity index (χ1v) is 12.1. The maximum absolute atomic E-state index is 12.3. The molecular formula is C21H24N6O2S2. The van der Waals surface area contributed by atoms with Crippen LogP contribution in [0.4, 0.5) is 5.69 Å². The lowest BCUT2D eigenvalue weighted by molar-refractivity contribution is -0.120. The van der Waals surface area contributed by atoms with Crippen LogP contribution in [0.2, 0.25) is 0 Å². The second-order valence-corrected chi connectivity index (χ2v) is 9.45. The molecular weight excluding hydrogens is 432 g/mol. The van der Waals surface area contributed by atoms with Crippen LogP contribution in [-0.4, -0.2) is 30.5 Å². The number of carbonyl (C=O) groups excluding carboxylic acids is 1. The summed E-state index contributed by atoms with van der Waals surface area (Å²) in [5, 5.41) is 5.96. The molecule has 10 heteroatoms. The molecule has 0 bridgehead atoms. The molecule has 0 aliphatic heterocycles. The smallest absolute Gasteiger partial charge is 0.274 e. The van der Waals surface area contributed by atoms with Crippen molar-refractivity contribution in [2.24, 2.45) is 5.92 Å². The number of aromatic amines is 1. The summed E-state index contributed by atoms with van der Waals surface area (Å²) >= 11 is 3.09. The maximum Gasteiger partial charge on any atom is 0.274 e. The van der Waals surface area contributed by atoms with Gasteiger partial charge in [0.25, 0.3) is 11.3 Å². The van der Waals surface area contributed by atoms with E-state index in [4.69, 9.17) is 0 Å². The number of benzene rings is 1. The van der Waals surface area contributed by atoms with E-state index >= 15 is 0 Å². The molecule has 0 aliphatic carbocycles. The minimum Gasteiger partial charge on any atom is -0.326 e. The third-order valence-corrected chi connectivity index (χ3v) is 7.30. The fourth-order valence-corrected chi connectivity index (χ4v) is 5.29. The van der Waals surface area contributed by atoms with E-state index in [1.807, 2.05) is 39.0 Å². The number of hydrogen-bond donors (Lipinski definition) is 2. The summed E-state index contributed by atoms with van der Waals surface area (Å²) in [6.07, 6.45) is 2.36. The van der Waals surface area contributed by atoms with Gasteiger partial charge in [-0.25, -0.2) is 9.97 Å². The van der Waals surface area contributed by atoms with Gasteiger partial charge >= 0.3 is 0 Å². The first kappa shape index (κ1) is 21.5. The van der Waals surface area contributed by atoms with Gasteiger partial charge in [0.05, 0.1) is 15.9 Å². The van der Waals surface area contributed by atoms with Gasteiger partial charge in [0, 0.05) is 29.8 Å². The van der Waals surface area contributed by atoms with Crippen molar-refractivity contribution in [3.8, 4) is 0 Å². The molecule has 0 saturated carbocycles. The zero-order valence-corrected chi connectivity index (χ0v) is 19.3. The van der Waals surface area contributed by atoms with Crippen molar-refractivity contribution in [1.82, 2.24) is 24.6 Å². The highest BCUT2D eigenvalue weighted by Gasteiger charge is 2.15. The van der Waals surface area contributed by atoms with E-state index < -0.39 is 0 Å². The second kappa shape index (κ2) is 9.19. The molecule has 162 valence electrons. The van der Waals surface area contributed by atoms with Crippen LogP contribution in [0, 0.1) is 5.92 Å². The number of thiazole rings is 1. The minimum atomic E-state index is -0.171. The fourth-order valence-electron chi connectivity index (χ4n) is 3.29. The van der Waals surface area contributed by atoms with Gasteiger partial charge in [0.2, 0.25) is 5.91 Å². The zero-order chi connectivity index (χ0) is 22.0. The van der Waals surface area contributed by atoms with Crippen LogP contribution in [0.15, 0.2) is 33.4 Å². The van der Waals surface area contributed by atoms with E-state index in [-0.39, 0.29) is 17.4 Å². The predicted molar refractivity (Wildman–Crippen MR) is 125 cm³/mol. The number of nitrogens with zero attached hydrogens (tertiary/aromatic N) is 4. The quantitative estimate of drug-likeness (QED) is 0.384. The lowest BCUT2D eigenvalue weighted by atomic mass is 10.0. The first-order chi connectivity index (χ1) is 15.0. The normalized spacial score (nSPS) is 11.6. The molecule has 0 radical (unpaired) electrons. The Morgan fingerprint density at radius 2 is 2.00 bits per heavy atom. The maximum atomic E-state index is 12.3. The third-order valence-electron chi connectivity index (χ3n) is 5.10. The summed E-state index contributed by atoms with van der Waals surface area (Å²) in [5.41, 5.74) is 2.17. The highest BCUT2D eigenvalue weighted by Crippen LogP contribution is 2.32. The number of amides is 1. The van der Waals surface area contributed by atoms with Crippen LogP contribution in [0.1, 0.15) is 45.1 Å². The lowest BCUT2D eigenvalue weighted by Crippen LogP contribution is -2.21. The Labute approximate surface area is 187 Å². The molecule has 3 heterocycles. The standard InChI is InChI=1S/C21H24N6O2S2/c1-4-12(5-2)19(29)22-13-7-8-15-16(9-13)31-21(24-15)30-11-14-10-18(28)27-20(23-14)25-17(6-3)26-27/h7-10,12H,4-6,11H2,1-3H3,(H,22,29)(H,23,25,26). The molecule has 0 aliphatic rings. The van der Waals surface area contributed by atoms with Crippen LogP contribution in [0.3, 0.4) is 0 Å². The summed E-state index contributed by atoms with van der Waals surface area (Å²) in [6.45, 7) is 6.02. The average Bonchev–Trinajstić information content (AvgIpc) is 3.36. The number of H-pyrrole nitrogens is 1. The summed E-state index contributed by atoms with van der Waals surface area (Å²) in [5.74, 6) is 1.73. The Morgan fingerprint density at radius 1 is 1.19 bits per heavy atom. The molecule has 0 unspecified atom stereocenters. The van der Waals surface area contributed by atoms with Crippen molar-refractivity contribution in [3.63, 3.8) is 0 Å². The summed E-state index contributed by atoms with van der Waals surface area (Å²) < 4.78 is 3.26. The average molecular weight is 457 g/mol. The van der Waals surface area contributed by atoms with E-state index in [9.17, 15) is 9.59 Å². The van der Waals surface area contributed by atoms with Gasteiger partial charge < -0.3 is 5.32 Å². The molecule has 3 aromatic heterocycles. The molecule has 4 aromatic rings. The zero-order valence-electron chi connectivity index (χ0n) is 17.6. The Kier molecular flexibility index (Phi) is 6.38. The molecule has 1 amide bonds. The van der Waals surface area contributed by atoms with Crippen LogP contribution in [0.5, 0.6) is 0 Å². The Bertz CT molecular complexity index is 1290. The lowest BCUT2D eigenvalue weighted by Gasteiger charge is -2.12.